The molecule has 3 N–H and O–H groups in total. The van der Waals surface area contributed by atoms with Crippen molar-refractivity contribution in [1.29, 1.82) is 0 Å². The van der Waals surface area contributed by atoms with Gasteiger partial charge in [-0.15, -0.1) is 11.6 Å². The van der Waals surface area contributed by atoms with Gasteiger partial charge >= 0.3 is 5.97 Å². The third kappa shape index (κ3) is 2.66. The molecule has 0 unspecified atom stereocenters. The molecule has 4 nitrogen and oxygen atoms in total. The molecule has 0 heterocycles. The highest BCUT2D eigenvalue weighted by molar-refractivity contribution is 6.28. The monoisotopic (exact) mass is 230 g/mol. The average molecular weight is 231 g/mol. The summed E-state index contributed by atoms with van der Waals surface area (Å²) < 4.78 is 13.1. The Morgan fingerprint density at radius 3 is 2.80 bits per heavy atom. The first kappa shape index (κ1) is 11.5. The number of aromatic carboxylic acids is 1. The Bertz CT molecular complexity index is 421. The third-order valence-electron chi connectivity index (χ3n) is 1.61. The van der Waals surface area contributed by atoms with Crippen LogP contribution in [0.3, 0.4) is 0 Å². The van der Waals surface area contributed by atoms with Crippen LogP contribution in [-0.4, -0.2) is 22.8 Å². The van der Waals surface area contributed by atoms with Crippen LogP contribution in [0.2, 0.25) is 0 Å². The molecule has 1 rings (SSSR count). The minimum atomic E-state index is -1.39. The number of carboxylic acid groups (broad SMARTS) is 1. The number of carbonyl (C=O) groups is 1. The smallest absolute Gasteiger partial charge is 0.340 e. The Balaban J connectivity index is 3.29. The summed E-state index contributed by atoms with van der Waals surface area (Å²) in [7, 11) is 0. The summed E-state index contributed by atoms with van der Waals surface area (Å²) in [6.07, 6.45) is 0. The van der Waals surface area contributed by atoms with E-state index in [1.54, 1.807) is 0 Å². The van der Waals surface area contributed by atoms with E-state index in [-0.39, 0.29) is 17.4 Å². The molecule has 1 aromatic carbocycles. The number of carboxylic acids is 1. The van der Waals surface area contributed by atoms with E-state index in [4.69, 9.17) is 22.4 Å². The van der Waals surface area contributed by atoms with Crippen LogP contribution in [0.15, 0.2) is 23.2 Å². The first-order valence-electron chi connectivity index (χ1n) is 3.97. The van der Waals surface area contributed by atoms with Gasteiger partial charge in [0.25, 0.3) is 0 Å². The van der Waals surface area contributed by atoms with Gasteiger partial charge in [0.2, 0.25) is 0 Å². The van der Waals surface area contributed by atoms with E-state index >= 15 is 0 Å². The number of hydrogen-bond acceptors (Lipinski definition) is 2. The van der Waals surface area contributed by atoms with Gasteiger partial charge in [0.15, 0.2) is 0 Å². The molecular formula is C9H8ClFN2O2. The van der Waals surface area contributed by atoms with Crippen molar-refractivity contribution in [2.45, 2.75) is 0 Å². The Morgan fingerprint density at radius 1 is 1.60 bits per heavy atom. The Morgan fingerprint density at radius 2 is 2.27 bits per heavy atom. The molecule has 0 aliphatic heterocycles. The lowest BCUT2D eigenvalue weighted by Gasteiger charge is -2.02. The number of aliphatic imine (C=N–C) groups is 1. The summed E-state index contributed by atoms with van der Waals surface area (Å²) in [6, 6.07) is 3.74. The van der Waals surface area contributed by atoms with Gasteiger partial charge in [0.1, 0.15) is 17.2 Å². The zero-order chi connectivity index (χ0) is 11.4. The first-order chi connectivity index (χ1) is 7.06. The molecule has 0 amide bonds. The molecule has 80 valence electrons. The van der Waals surface area contributed by atoms with Crippen LogP contribution < -0.4 is 5.73 Å². The molecule has 0 radical (unpaired) electrons. The van der Waals surface area contributed by atoms with Crippen molar-refractivity contribution < 1.29 is 14.3 Å². The summed E-state index contributed by atoms with van der Waals surface area (Å²) in [5.74, 6) is -2.26. The van der Waals surface area contributed by atoms with Crippen LogP contribution in [0, 0.1) is 5.82 Å². The number of halogens is 2. The van der Waals surface area contributed by atoms with Crippen molar-refractivity contribution >= 4 is 29.1 Å². The molecule has 0 fully saturated rings. The number of rotatable bonds is 3. The SMILES string of the molecule is NC(CCl)=Nc1cccc(F)c1C(=O)O. The van der Waals surface area contributed by atoms with Crippen LogP contribution >= 0.6 is 11.6 Å². The second-order valence-corrected chi connectivity index (χ2v) is 2.94. The van der Waals surface area contributed by atoms with Crippen molar-refractivity contribution in [3.8, 4) is 0 Å². The van der Waals surface area contributed by atoms with Gasteiger partial charge in [-0.1, -0.05) is 6.07 Å². The number of benzene rings is 1. The van der Waals surface area contributed by atoms with Gasteiger partial charge in [-0.25, -0.2) is 14.2 Å². The number of nitrogens with zero attached hydrogens (tertiary/aromatic N) is 1. The molecule has 1 aromatic rings. The molecule has 0 aliphatic carbocycles. The molecule has 6 heteroatoms. The quantitative estimate of drug-likeness (QED) is 0.472. The van der Waals surface area contributed by atoms with Gasteiger partial charge in [-0.3, -0.25) is 0 Å². The number of amidine groups is 1. The highest BCUT2D eigenvalue weighted by Crippen LogP contribution is 2.21. The predicted octanol–water partition coefficient (Wildman–Crippen LogP) is 1.75. The molecule has 0 aliphatic rings. The van der Waals surface area contributed by atoms with Gasteiger partial charge in [0.05, 0.1) is 11.6 Å². The summed E-state index contributed by atoms with van der Waals surface area (Å²) in [4.78, 5) is 14.4. The Kier molecular flexibility index (Phi) is 3.62. The fourth-order valence-electron chi connectivity index (χ4n) is 1.00. The summed E-state index contributed by atoms with van der Waals surface area (Å²) in [6.45, 7) is 0. The molecule has 0 saturated carbocycles. The van der Waals surface area contributed by atoms with Crippen LogP contribution in [0.1, 0.15) is 10.4 Å². The van der Waals surface area contributed by atoms with E-state index in [1.807, 2.05) is 0 Å². The maximum Gasteiger partial charge on any atom is 0.340 e. The van der Waals surface area contributed by atoms with Gasteiger partial charge in [-0.05, 0) is 12.1 Å². The normalized spacial score (nSPS) is 11.5. The van der Waals surface area contributed by atoms with Gasteiger partial charge in [-0.2, -0.15) is 0 Å². The summed E-state index contributed by atoms with van der Waals surface area (Å²) in [5, 5.41) is 8.75. The van der Waals surface area contributed by atoms with E-state index in [0.29, 0.717) is 0 Å². The maximum atomic E-state index is 13.1. The standard InChI is InChI=1S/C9H8ClFN2O2/c10-4-7(12)13-6-3-1-2-5(11)8(6)9(14)15/h1-3H,4H2,(H2,12,13)(H,14,15). The summed E-state index contributed by atoms with van der Waals surface area (Å²) in [5.41, 5.74) is 4.78. The van der Waals surface area contributed by atoms with Crippen molar-refractivity contribution in [3.05, 3.63) is 29.6 Å². The lowest BCUT2D eigenvalue weighted by atomic mass is 10.1. The molecule has 0 aromatic heterocycles. The minimum Gasteiger partial charge on any atom is -0.478 e. The van der Waals surface area contributed by atoms with Crippen molar-refractivity contribution in [2.75, 3.05) is 5.88 Å². The van der Waals surface area contributed by atoms with Crippen molar-refractivity contribution in [1.82, 2.24) is 0 Å². The van der Waals surface area contributed by atoms with Gasteiger partial charge < -0.3 is 10.8 Å². The van der Waals surface area contributed by atoms with E-state index in [9.17, 15) is 9.18 Å². The van der Waals surface area contributed by atoms with E-state index < -0.39 is 17.3 Å². The second-order valence-electron chi connectivity index (χ2n) is 2.68. The fourth-order valence-corrected chi connectivity index (χ4v) is 1.06. The second kappa shape index (κ2) is 4.75. The van der Waals surface area contributed by atoms with Crippen LogP contribution in [-0.2, 0) is 0 Å². The van der Waals surface area contributed by atoms with Gasteiger partial charge in [0, 0.05) is 0 Å². The molecule has 0 saturated heterocycles. The molecule has 0 spiro atoms. The maximum absolute atomic E-state index is 13.1. The molecule has 15 heavy (non-hydrogen) atoms. The fraction of sp³-hybridized carbons (Fsp3) is 0.111. The molecule has 0 bridgehead atoms. The third-order valence-corrected chi connectivity index (χ3v) is 1.88. The summed E-state index contributed by atoms with van der Waals surface area (Å²) >= 11 is 5.38. The lowest BCUT2D eigenvalue weighted by molar-refractivity contribution is 0.0693. The number of nitrogens with two attached hydrogens (primary N) is 1. The zero-order valence-corrected chi connectivity index (χ0v) is 8.33. The van der Waals surface area contributed by atoms with Crippen LogP contribution in [0.5, 0.6) is 0 Å². The van der Waals surface area contributed by atoms with E-state index in [1.165, 1.54) is 12.1 Å². The Labute approximate surface area is 90.2 Å². The van der Waals surface area contributed by atoms with Crippen LogP contribution in [0.4, 0.5) is 10.1 Å². The van der Waals surface area contributed by atoms with Crippen LogP contribution in [0.25, 0.3) is 0 Å². The highest BCUT2D eigenvalue weighted by Gasteiger charge is 2.15. The van der Waals surface area contributed by atoms with E-state index in [0.717, 1.165) is 6.07 Å². The van der Waals surface area contributed by atoms with Crippen molar-refractivity contribution in [2.24, 2.45) is 10.7 Å². The first-order valence-corrected chi connectivity index (χ1v) is 4.50. The van der Waals surface area contributed by atoms with Crippen molar-refractivity contribution in [3.63, 3.8) is 0 Å². The highest BCUT2D eigenvalue weighted by atomic mass is 35.5. The molecular weight excluding hydrogens is 223 g/mol. The Hall–Kier alpha value is -1.62. The largest absolute Gasteiger partial charge is 0.478 e. The number of alkyl halides is 1. The molecule has 0 atom stereocenters. The number of hydrogen-bond donors (Lipinski definition) is 2. The zero-order valence-electron chi connectivity index (χ0n) is 7.58. The topological polar surface area (TPSA) is 75.7 Å². The lowest BCUT2D eigenvalue weighted by Crippen LogP contribution is -2.13. The minimum absolute atomic E-state index is 0.0322. The average Bonchev–Trinajstić information content (AvgIpc) is 2.17. The van der Waals surface area contributed by atoms with E-state index in [2.05, 4.69) is 4.99 Å². The predicted molar refractivity (Wildman–Crippen MR) is 55.4 cm³/mol.